The van der Waals surface area contributed by atoms with Gasteiger partial charge in [-0.15, -0.1) is 0 Å². The Hall–Kier alpha value is -1.06. The molecule has 74 valence electrons. The Morgan fingerprint density at radius 2 is 2.31 bits per heavy atom. The van der Waals surface area contributed by atoms with Gasteiger partial charge in [-0.05, 0) is 31.6 Å². The maximum absolute atomic E-state index is 6.97. The van der Waals surface area contributed by atoms with Crippen LogP contribution in [-0.4, -0.2) is 11.7 Å². The molecular formula is C9H18N4. The largest absolute Gasteiger partial charge is 0.369 e. The van der Waals surface area contributed by atoms with E-state index in [9.17, 15) is 0 Å². The summed E-state index contributed by atoms with van der Waals surface area (Å²) in [6.07, 6.45) is 5.79. The molecule has 4 heteroatoms. The predicted molar refractivity (Wildman–Crippen MR) is 54.7 cm³/mol. The lowest BCUT2D eigenvalue weighted by atomic mass is 10.0. The standard InChI is InChI=1S/C9H18N4/c1-7-3-2-4-8(6-5-7)12-13-9(10)11/h7H,2-6H2,1H3,(H4,10,11,13). The average molecular weight is 182 g/mol. The van der Waals surface area contributed by atoms with Gasteiger partial charge in [-0.25, -0.2) is 5.43 Å². The van der Waals surface area contributed by atoms with Gasteiger partial charge in [-0.2, -0.15) is 5.10 Å². The molecule has 4 N–H and O–H groups in total. The van der Waals surface area contributed by atoms with E-state index in [-0.39, 0.29) is 5.96 Å². The van der Waals surface area contributed by atoms with Gasteiger partial charge >= 0.3 is 0 Å². The molecule has 1 saturated carbocycles. The van der Waals surface area contributed by atoms with E-state index in [2.05, 4.69) is 17.5 Å². The first-order chi connectivity index (χ1) is 6.18. The highest BCUT2D eigenvalue weighted by Crippen LogP contribution is 2.20. The van der Waals surface area contributed by atoms with E-state index in [1.54, 1.807) is 0 Å². The molecule has 0 aromatic heterocycles. The van der Waals surface area contributed by atoms with Gasteiger partial charge in [-0.3, -0.25) is 5.41 Å². The minimum atomic E-state index is -0.0789. The van der Waals surface area contributed by atoms with Gasteiger partial charge in [0.05, 0.1) is 0 Å². The van der Waals surface area contributed by atoms with Crippen LogP contribution in [0.5, 0.6) is 0 Å². The first-order valence-corrected chi connectivity index (χ1v) is 4.84. The van der Waals surface area contributed by atoms with Crippen molar-refractivity contribution in [2.75, 3.05) is 0 Å². The lowest BCUT2D eigenvalue weighted by molar-refractivity contribution is 0.508. The summed E-state index contributed by atoms with van der Waals surface area (Å²) in [6, 6.07) is 0. The maximum Gasteiger partial charge on any atom is 0.206 e. The summed E-state index contributed by atoms with van der Waals surface area (Å²) in [4.78, 5) is 0. The zero-order chi connectivity index (χ0) is 9.68. The summed E-state index contributed by atoms with van der Waals surface area (Å²) in [5.74, 6) is 0.731. The molecule has 0 aliphatic heterocycles. The van der Waals surface area contributed by atoms with E-state index in [1.165, 1.54) is 19.3 Å². The molecule has 1 aliphatic rings. The van der Waals surface area contributed by atoms with E-state index < -0.39 is 0 Å². The van der Waals surface area contributed by atoms with Gasteiger partial charge in [0.2, 0.25) is 5.96 Å². The molecule has 0 spiro atoms. The third-order valence-electron chi connectivity index (χ3n) is 2.42. The summed E-state index contributed by atoms with van der Waals surface area (Å²) in [7, 11) is 0. The van der Waals surface area contributed by atoms with Crippen LogP contribution in [0.4, 0.5) is 0 Å². The Kier molecular flexibility index (Phi) is 3.73. The second-order valence-electron chi connectivity index (χ2n) is 3.74. The summed E-state index contributed by atoms with van der Waals surface area (Å²) >= 11 is 0. The maximum atomic E-state index is 6.97. The molecule has 0 saturated heterocycles. The molecule has 13 heavy (non-hydrogen) atoms. The van der Waals surface area contributed by atoms with Gasteiger partial charge < -0.3 is 5.73 Å². The SMILES string of the molecule is CC1CCCC(=NNC(=N)N)CC1. The molecule has 0 radical (unpaired) electrons. The summed E-state index contributed by atoms with van der Waals surface area (Å²) in [6.45, 7) is 2.28. The first kappa shape index (κ1) is 10.0. The molecule has 0 heterocycles. The van der Waals surface area contributed by atoms with Gasteiger partial charge in [0.1, 0.15) is 0 Å². The van der Waals surface area contributed by atoms with Gasteiger partial charge in [0, 0.05) is 5.71 Å². The van der Waals surface area contributed by atoms with Crippen LogP contribution in [0.3, 0.4) is 0 Å². The third-order valence-corrected chi connectivity index (χ3v) is 2.42. The van der Waals surface area contributed by atoms with Gasteiger partial charge in [0.15, 0.2) is 0 Å². The second-order valence-corrected chi connectivity index (χ2v) is 3.74. The highest BCUT2D eigenvalue weighted by Gasteiger charge is 2.11. The summed E-state index contributed by atoms with van der Waals surface area (Å²) in [5, 5.41) is 11.1. The Morgan fingerprint density at radius 1 is 1.54 bits per heavy atom. The molecule has 0 bridgehead atoms. The van der Waals surface area contributed by atoms with Crippen LogP contribution in [0.25, 0.3) is 0 Å². The van der Waals surface area contributed by atoms with Crippen LogP contribution < -0.4 is 11.2 Å². The number of nitrogens with two attached hydrogens (primary N) is 1. The molecule has 1 rings (SSSR count). The molecular weight excluding hydrogens is 164 g/mol. The average Bonchev–Trinajstić information content (AvgIpc) is 2.27. The van der Waals surface area contributed by atoms with Crippen molar-refractivity contribution in [1.82, 2.24) is 5.43 Å². The van der Waals surface area contributed by atoms with Gasteiger partial charge in [0.25, 0.3) is 0 Å². The predicted octanol–water partition coefficient (Wildman–Crippen LogP) is 1.43. The molecule has 0 amide bonds. The first-order valence-electron chi connectivity index (χ1n) is 4.84. The fourth-order valence-electron chi connectivity index (χ4n) is 1.59. The van der Waals surface area contributed by atoms with Crippen LogP contribution in [0.15, 0.2) is 5.10 Å². The monoisotopic (exact) mass is 182 g/mol. The van der Waals surface area contributed by atoms with Crippen LogP contribution >= 0.6 is 0 Å². The van der Waals surface area contributed by atoms with Crippen molar-refractivity contribution >= 4 is 11.7 Å². The van der Waals surface area contributed by atoms with E-state index in [4.69, 9.17) is 11.1 Å². The van der Waals surface area contributed by atoms with Crippen molar-refractivity contribution in [1.29, 1.82) is 5.41 Å². The highest BCUT2D eigenvalue weighted by molar-refractivity contribution is 5.86. The van der Waals surface area contributed by atoms with Crippen molar-refractivity contribution in [3.63, 3.8) is 0 Å². The Bertz CT molecular complexity index is 210. The third kappa shape index (κ3) is 3.92. The van der Waals surface area contributed by atoms with Gasteiger partial charge in [-0.1, -0.05) is 13.3 Å². The molecule has 0 aromatic carbocycles. The molecule has 1 fully saturated rings. The van der Waals surface area contributed by atoms with E-state index >= 15 is 0 Å². The second kappa shape index (κ2) is 4.84. The normalized spacial score (nSPS) is 26.8. The Balaban J connectivity index is 2.41. The summed E-state index contributed by atoms with van der Waals surface area (Å²) in [5.41, 5.74) is 8.80. The fourth-order valence-corrected chi connectivity index (χ4v) is 1.59. The number of hydrogen-bond donors (Lipinski definition) is 3. The molecule has 1 aliphatic carbocycles. The zero-order valence-corrected chi connectivity index (χ0v) is 8.14. The Morgan fingerprint density at radius 3 is 3.00 bits per heavy atom. The number of hydrogen-bond acceptors (Lipinski definition) is 2. The van der Waals surface area contributed by atoms with Crippen molar-refractivity contribution in [2.24, 2.45) is 16.8 Å². The molecule has 1 atom stereocenters. The number of nitrogens with zero attached hydrogens (tertiary/aromatic N) is 1. The number of hydrazone groups is 1. The van der Waals surface area contributed by atoms with Crippen molar-refractivity contribution in [3.8, 4) is 0 Å². The molecule has 4 nitrogen and oxygen atoms in total. The van der Waals surface area contributed by atoms with Crippen LogP contribution in [-0.2, 0) is 0 Å². The minimum absolute atomic E-state index is 0.0789. The van der Waals surface area contributed by atoms with E-state index in [0.717, 1.165) is 24.5 Å². The van der Waals surface area contributed by atoms with E-state index in [1.807, 2.05) is 0 Å². The Labute approximate surface area is 79.1 Å². The van der Waals surface area contributed by atoms with Crippen LogP contribution in [0, 0.1) is 11.3 Å². The number of guanidine groups is 1. The van der Waals surface area contributed by atoms with Crippen molar-refractivity contribution in [3.05, 3.63) is 0 Å². The lowest BCUT2D eigenvalue weighted by Crippen LogP contribution is -2.26. The highest BCUT2D eigenvalue weighted by atomic mass is 15.3. The van der Waals surface area contributed by atoms with Crippen LogP contribution in [0.2, 0.25) is 0 Å². The molecule has 0 aromatic rings. The smallest absolute Gasteiger partial charge is 0.206 e. The topological polar surface area (TPSA) is 74.3 Å². The fraction of sp³-hybridized carbons (Fsp3) is 0.778. The molecule has 1 unspecified atom stereocenters. The van der Waals surface area contributed by atoms with E-state index in [0.29, 0.717) is 0 Å². The number of rotatable bonds is 1. The zero-order valence-electron chi connectivity index (χ0n) is 8.14. The number of nitrogens with one attached hydrogen (secondary N) is 2. The quantitative estimate of drug-likeness (QED) is 0.248. The van der Waals surface area contributed by atoms with Crippen molar-refractivity contribution < 1.29 is 0 Å². The summed E-state index contributed by atoms with van der Waals surface area (Å²) < 4.78 is 0. The minimum Gasteiger partial charge on any atom is -0.369 e. The lowest BCUT2D eigenvalue weighted by Gasteiger charge is -2.03. The van der Waals surface area contributed by atoms with Crippen molar-refractivity contribution in [2.45, 2.75) is 39.0 Å². The van der Waals surface area contributed by atoms with Crippen LogP contribution in [0.1, 0.15) is 39.0 Å².